The molecule has 1 aromatic rings. The third-order valence-electron chi connectivity index (χ3n) is 1.96. The number of nitrogens with one attached hydrogen (secondary N) is 1. The van der Waals surface area contributed by atoms with Gasteiger partial charge < -0.3 is 10.4 Å². The molecule has 0 spiro atoms. The van der Waals surface area contributed by atoms with Crippen LogP contribution in [0, 0.1) is 0 Å². The second-order valence-electron chi connectivity index (χ2n) is 2.88. The van der Waals surface area contributed by atoms with Gasteiger partial charge >= 0.3 is 0 Å². The Morgan fingerprint density at radius 3 is 2.86 bits per heavy atom. The predicted octanol–water partition coefficient (Wildman–Crippen LogP) is 1.65. The van der Waals surface area contributed by atoms with E-state index >= 15 is 0 Å². The van der Waals surface area contributed by atoms with Gasteiger partial charge in [0.05, 0.1) is 6.61 Å². The second kappa shape index (κ2) is 5.19. The number of aliphatic hydroxyl groups excluding tert-OH is 1. The molecule has 0 radical (unpaired) electrons. The number of hydrogen-bond acceptors (Lipinski definition) is 2. The maximum absolute atomic E-state index is 10.3. The summed E-state index contributed by atoms with van der Waals surface area (Å²) in [6, 6.07) is 7.45. The predicted molar refractivity (Wildman–Crippen MR) is 56.9 cm³/mol. The lowest BCUT2D eigenvalue weighted by Gasteiger charge is -2.07. The van der Waals surface area contributed by atoms with Gasteiger partial charge in [0.25, 0.3) is 0 Å². The minimum Gasteiger partial charge on any atom is -0.392 e. The first-order valence-electron chi connectivity index (χ1n) is 4.36. The molecule has 0 atom stereocenters. The van der Waals surface area contributed by atoms with Crippen molar-refractivity contribution in [2.75, 3.05) is 11.9 Å². The SMILES string of the molecule is C/C(=C\CO)c1ccccc1NC=O. The number of aliphatic hydroxyl groups is 1. The molecule has 0 aliphatic heterocycles. The van der Waals surface area contributed by atoms with Crippen LogP contribution in [0.1, 0.15) is 12.5 Å². The topological polar surface area (TPSA) is 49.3 Å². The van der Waals surface area contributed by atoms with Crippen molar-refractivity contribution in [2.45, 2.75) is 6.92 Å². The Morgan fingerprint density at radius 1 is 1.50 bits per heavy atom. The van der Waals surface area contributed by atoms with Gasteiger partial charge in [-0.3, -0.25) is 4.79 Å². The van der Waals surface area contributed by atoms with Gasteiger partial charge in [-0.25, -0.2) is 0 Å². The maximum Gasteiger partial charge on any atom is 0.211 e. The van der Waals surface area contributed by atoms with Crippen molar-refractivity contribution in [3.63, 3.8) is 0 Å². The first-order chi connectivity index (χ1) is 6.79. The Labute approximate surface area is 83.1 Å². The average Bonchev–Trinajstić information content (AvgIpc) is 2.19. The summed E-state index contributed by atoms with van der Waals surface area (Å²) in [6.45, 7) is 1.89. The molecular weight excluding hydrogens is 178 g/mol. The fraction of sp³-hybridized carbons (Fsp3) is 0.182. The minimum atomic E-state index is 0.00125. The summed E-state index contributed by atoms with van der Waals surface area (Å²) in [5, 5.41) is 11.4. The molecule has 1 amide bonds. The number of rotatable bonds is 4. The van der Waals surface area contributed by atoms with Crippen LogP contribution in [0.4, 0.5) is 5.69 Å². The van der Waals surface area contributed by atoms with E-state index in [1.165, 1.54) is 0 Å². The fourth-order valence-electron chi connectivity index (χ4n) is 1.26. The number of anilines is 1. The Hall–Kier alpha value is -1.61. The second-order valence-corrected chi connectivity index (χ2v) is 2.88. The van der Waals surface area contributed by atoms with E-state index in [9.17, 15) is 4.79 Å². The normalized spacial score (nSPS) is 11.1. The van der Waals surface area contributed by atoms with Crippen LogP contribution >= 0.6 is 0 Å². The van der Waals surface area contributed by atoms with Gasteiger partial charge in [-0.05, 0) is 18.6 Å². The van der Waals surface area contributed by atoms with Crippen LogP contribution in [0.15, 0.2) is 30.3 Å². The molecule has 0 heterocycles. The molecule has 0 aliphatic rings. The zero-order valence-electron chi connectivity index (χ0n) is 8.03. The summed E-state index contributed by atoms with van der Waals surface area (Å²) in [4.78, 5) is 10.3. The molecule has 3 nitrogen and oxygen atoms in total. The lowest BCUT2D eigenvalue weighted by atomic mass is 10.1. The Kier molecular flexibility index (Phi) is 3.88. The molecule has 1 aromatic carbocycles. The lowest BCUT2D eigenvalue weighted by molar-refractivity contribution is -0.105. The molecule has 2 N–H and O–H groups in total. The Morgan fingerprint density at radius 2 is 2.21 bits per heavy atom. The number of carbonyl (C=O) groups is 1. The number of para-hydroxylation sites is 1. The minimum absolute atomic E-state index is 0.00125. The first kappa shape index (κ1) is 10.5. The molecular formula is C11H13NO2. The molecule has 3 heteroatoms. The standard InChI is InChI=1S/C11H13NO2/c1-9(6-7-13)10-4-2-3-5-11(10)12-8-14/h2-6,8,13H,7H2,1H3,(H,12,14)/b9-6+. The van der Waals surface area contributed by atoms with E-state index in [0.717, 1.165) is 16.8 Å². The van der Waals surface area contributed by atoms with Crippen molar-refractivity contribution >= 4 is 17.7 Å². The van der Waals surface area contributed by atoms with Crippen molar-refractivity contribution in [2.24, 2.45) is 0 Å². The molecule has 14 heavy (non-hydrogen) atoms. The van der Waals surface area contributed by atoms with Crippen LogP contribution in [-0.2, 0) is 4.79 Å². The zero-order chi connectivity index (χ0) is 10.4. The number of benzene rings is 1. The van der Waals surface area contributed by atoms with Crippen LogP contribution in [0.5, 0.6) is 0 Å². The molecule has 0 saturated heterocycles. The molecule has 0 unspecified atom stereocenters. The van der Waals surface area contributed by atoms with Gasteiger partial charge in [-0.2, -0.15) is 0 Å². The zero-order valence-corrected chi connectivity index (χ0v) is 8.03. The summed E-state index contributed by atoms with van der Waals surface area (Å²) >= 11 is 0. The summed E-state index contributed by atoms with van der Waals surface area (Å²) in [7, 11) is 0. The largest absolute Gasteiger partial charge is 0.392 e. The number of amides is 1. The first-order valence-corrected chi connectivity index (χ1v) is 4.36. The van der Waals surface area contributed by atoms with Gasteiger partial charge in [0.15, 0.2) is 0 Å². The van der Waals surface area contributed by atoms with Gasteiger partial charge in [0.2, 0.25) is 6.41 Å². The maximum atomic E-state index is 10.3. The lowest BCUT2D eigenvalue weighted by Crippen LogP contribution is -1.97. The van der Waals surface area contributed by atoms with Crippen LogP contribution < -0.4 is 5.32 Å². The van der Waals surface area contributed by atoms with Gasteiger partial charge in [0.1, 0.15) is 0 Å². The molecule has 0 aliphatic carbocycles. The van der Waals surface area contributed by atoms with Crippen molar-refractivity contribution in [3.05, 3.63) is 35.9 Å². The van der Waals surface area contributed by atoms with E-state index in [4.69, 9.17) is 5.11 Å². The highest BCUT2D eigenvalue weighted by molar-refractivity contribution is 5.82. The summed E-state index contributed by atoms with van der Waals surface area (Å²) < 4.78 is 0. The van der Waals surface area contributed by atoms with Crippen LogP contribution in [0.3, 0.4) is 0 Å². The van der Waals surface area contributed by atoms with E-state index in [0.29, 0.717) is 6.41 Å². The van der Waals surface area contributed by atoms with E-state index in [1.807, 2.05) is 31.2 Å². The number of allylic oxidation sites excluding steroid dienone is 1. The van der Waals surface area contributed by atoms with Gasteiger partial charge in [-0.1, -0.05) is 24.3 Å². The summed E-state index contributed by atoms with van der Waals surface area (Å²) in [6.07, 6.45) is 2.34. The fourth-order valence-corrected chi connectivity index (χ4v) is 1.26. The van der Waals surface area contributed by atoms with Gasteiger partial charge in [0, 0.05) is 11.3 Å². The van der Waals surface area contributed by atoms with E-state index in [1.54, 1.807) is 6.08 Å². The molecule has 0 fully saturated rings. The summed E-state index contributed by atoms with van der Waals surface area (Å²) in [5.41, 5.74) is 2.62. The third kappa shape index (κ3) is 2.44. The average molecular weight is 191 g/mol. The van der Waals surface area contributed by atoms with Crippen molar-refractivity contribution < 1.29 is 9.90 Å². The highest BCUT2D eigenvalue weighted by Gasteiger charge is 2.01. The van der Waals surface area contributed by atoms with Crippen molar-refractivity contribution in [3.8, 4) is 0 Å². The van der Waals surface area contributed by atoms with E-state index in [-0.39, 0.29) is 6.61 Å². The highest BCUT2D eigenvalue weighted by atomic mass is 16.2. The molecule has 0 aromatic heterocycles. The van der Waals surface area contributed by atoms with Gasteiger partial charge in [-0.15, -0.1) is 0 Å². The van der Waals surface area contributed by atoms with E-state index in [2.05, 4.69) is 5.32 Å². The van der Waals surface area contributed by atoms with Crippen LogP contribution in [0.25, 0.3) is 5.57 Å². The van der Waals surface area contributed by atoms with Crippen LogP contribution in [0.2, 0.25) is 0 Å². The quantitative estimate of drug-likeness (QED) is 0.711. The molecule has 1 rings (SSSR count). The Bertz CT molecular complexity index is 345. The molecule has 0 saturated carbocycles. The van der Waals surface area contributed by atoms with Crippen molar-refractivity contribution in [1.82, 2.24) is 0 Å². The monoisotopic (exact) mass is 191 g/mol. The smallest absolute Gasteiger partial charge is 0.211 e. The van der Waals surface area contributed by atoms with Crippen LogP contribution in [-0.4, -0.2) is 18.1 Å². The third-order valence-corrected chi connectivity index (χ3v) is 1.96. The van der Waals surface area contributed by atoms with E-state index < -0.39 is 0 Å². The van der Waals surface area contributed by atoms with Crippen molar-refractivity contribution in [1.29, 1.82) is 0 Å². The number of hydrogen-bond donors (Lipinski definition) is 2. The number of carbonyl (C=O) groups excluding carboxylic acids is 1. The highest BCUT2D eigenvalue weighted by Crippen LogP contribution is 2.22. The molecule has 74 valence electrons. The summed E-state index contributed by atoms with van der Waals surface area (Å²) in [5.74, 6) is 0. The molecule has 0 bridgehead atoms. The Balaban J connectivity index is 3.05.